The molecule has 1 aromatic heterocycles. The molecule has 0 aliphatic carbocycles. The maximum atomic E-state index is 5.46. The number of rotatable bonds is 5. The van der Waals surface area contributed by atoms with Crippen molar-refractivity contribution in [1.29, 1.82) is 0 Å². The van der Waals surface area contributed by atoms with Crippen molar-refractivity contribution in [3.05, 3.63) is 28.5 Å². The SMILES string of the molecule is COC(C)C(Cc1ccc(Br)cn1)NN. The van der Waals surface area contributed by atoms with Gasteiger partial charge >= 0.3 is 0 Å². The molecule has 0 bridgehead atoms. The molecule has 0 aliphatic heterocycles. The molecule has 0 fully saturated rings. The lowest BCUT2D eigenvalue weighted by molar-refractivity contribution is 0.0828. The van der Waals surface area contributed by atoms with Gasteiger partial charge in [0, 0.05) is 29.9 Å². The van der Waals surface area contributed by atoms with Crippen molar-refractivity contribution >= 4 is 15.9 Å². The maximum absolute atomic E-state index is 5.46. The van der Waals surface area contributed by atoms with Gasteiger partial charge < -0.3 is 4.74 Å². The summed E-state index contributed by atoms with van der Waals surface area (Å²) in [5, 5.41) is 0. The van der Waals surface area contributed by atoms with Gasteiger partial charge in [-0.25, -0.2) is 0 Å². The molecule has 2 atom stereocenters. The van der Waals surface area contributed by atoms with Crippen LogP contribution in [0.25, 0.3) is 0 Å². The monoisotopic (exact) mass is 273 g/mol. The minimum atomic E-state index is 0.0560. The first kappa shape index (κ1) is 12.6. The summed E-state index contributed by atoms with van der Waals surface area (Å²) in [6, 6.07) is 4.01. The van der Waals surface area contributed by atoms with Crippen LogP contribution in [0.15, 0.2) is 22.8 Å². The lowest BCUT2D eigenvalue weighted by atomic mass is 10.1. The minimum absolute atomic E-state index is 0.0560. The Labute approximate surface area is 98.3 Å². The number of nitrogens with zero attached hydrogens (tertiary/aromatic N) is 1. The number of ether oxygens (including phenoxy) is 1. The second kappa shape index (κ2) is 6.17. The highest BCUT2D eigenvalue weighted by Gasteiger charge is 2.16. The van der Waals surface area contributed by atoms with E-state index in [1.807, 2.05) is 19.1 Å². The van der Waals surface area contributed by atoms with E-state index >= 15 is 0 Å². The van der Waals surface area contributed by atoms with Crippen molar-refractivity contribution < 1.29 is 4.74 Å². The van der Waals surface area contributed by atoms with E-state index in [0.29, 0.717) is 0 Å². The standard InChI is InChI=1S/C10H16BrN3O/c1-7(15-2)10(14-12)5-9-4-3-8(11)6-13-9/h3-4,6-7,10,14H,5,12H2,1-2H3. The van der Waals surface area contributed by atoms with Crippen LogP contribution in [0.1, 0.15) is 12.6 Å². The average Bonchev–Trinajstić information content (AvgIpc) is 2.27. The molecule has 0 amide bonds. The minimum Gasteiger partial charge on any atom is -0.380 e. The Bertz CT molecular complexity index is 291. The number of hydrazine groups is 1. The fourth-order valence-corrected chi connectivity index (χ4v) is 1.51. The Morgan fingerprint density at radius 3 is 2.80 bits per heavy atom. The first-order valence-electron chi connectivity index (χ1n) is 4.76. The predicted molar refractivity (Wildman–Crippen MR) is 63.2 cm³/mol. The largest absolute Gasteiger partial charge is 0.380 e. The molecule has 0 radical (unpaired) electrons. The number of hydrogen-bond acceptors (Lipinski definition) is 4. The summed E-state index contributed by atoms with van der Waals surface area (Å²) in [7, 11) is 1.67. The first-order valence-corrected chi connectivity index (χ1v) is 5.56. The summed E-state index contributed by atoms with van der Waals surface area (Å²) in [6.07, 6.45) is 2.58. The molecule has 0 saturated carbocycles. The van der Waals surface area contributed by atoms with Gasteiger partial charge in [0.1, 0.15) is 0 Å². The van der Waals surface area contributed by atoms with Crippen LogP contribution in [0.5, 0.6) is 0 Å². The zero-order chi connectivity index (χ0) is 11.3. The van der Waals surface area contributed by atoms with E-state index in [1.165, 1.54) is 0 Å². The fourth-order valence-electron chi connectivity index (χ4n) is 1.28. The van der Waals surface area contributed by atoms with Gasteiger partial charge in [-0.05, 0) is 35.0 Å². The second-order valence-corrected chi connectivity index (χ2v) is 4.30. The second-order valence-electron chi connectivity index (χ2n) is 3.39. The number of methoxy groups -OCH3 is 1. The Balaban J connectivity index is 2.62. The van der Waals surface area contributed by atoms with E-state index in [2.05, 4.69) is 26.3 Å². The van der Waals surface area contributed by atoms with E-state index in [0.717, 1.165) is 16.6 Å². The molecular weight excluding hydrogens is 258 g/mol. The third-order valence-corrected chi connectivity index (χ3v) is 2.84. The third kappa shape index (κ3) is 3.87. The van der Waals surface area contributed by atoms with E-state index in [4.69, 9.17) is 10.6 Å². The van der Waals surface area contributed by atoms with Gasteiger partial charge in [-0.3, -0.25) is 16.3 Å². The molecule has 1 aromatic rings. The Morgan fingerprint density at radius 1 is 1.60 bits per heavy atom. The van der Waals surface area contributed by atoms with Crippen LogP contribution in [0, 0.1) is 0 Å². The van der Waals surface area contributed by atoms with Crippen molar-refractivity contribution in [3.8, 4) is 0 Å². The van der Waals surface area contributed by atoms with E-state index in [9.17, 15) is 0 Å². The Hall–Kier alpha value is -0.490. The topological polar surface area (TPSA) is 60.2 Å². The zero-order valence-electron chi connectivity index (χ0n) is 8.90. The molecule has 1 heterocycles. The summed E-state index contributed by atoms with van der Waals surface area (Å²) in [6.45, 7) is 1.98. The molecule has 84 valence electrons. The van der Waals surface area contributed by atoms with Crippen LogP contribution in [0.2, 0.25) is 0 Å². The number of aromatic nitrogens is 1. The Morgan fingerprint density at radius 2 is 2.33 bits per heavy atom. The molecular formula is C10H16BrN3O. The van der Waals surface area contributed by atoms with Crippen molar-refractivity contribution in [3.63, 3.8) is 0 Å². The van der Waals surface area contributed by atoms with Crippen molar-refractivity contribution in [2.45, 2.75) is 25.5 Å². The number of nitrogens with two attached hydrogens (primary N) is 1. The van der Waals surface area contributed by atoms with Gasteiger partial charge in [0.2, 0.25) is 0 Å². The predicted octanol–water partition coefficient (Wildman–Crippen LogP) is 1.25. The van der Waals surface area contributed by atoms with Gasteiger partial charge in [-0.2, -0.15) is 0 Å². The van der Waals surface area contributed by atoms with Gasteiger partial charge in [-0.1, -0.05) is 0 Å². The lowest BCUT2D eigenvalue weighted by Gasteiger charge is -2.21. The molecule has 15 heavy (non-hydrogen) atoms. The molecule has 0 saturated heterocycles. The molecule has 3 N–H and O–H groups in total. The van der Waals surface area contributed by atoms with Crippen LogP contribution in [0.3, 0.4) is 0 Å². The van der Waals surface area contributed by atoms with E-state index in [-0.39, 0.29) is 12.1 Å². The lowest BCUT2D eigenvalue weighted by Crippen LogP contribution is -2.45. The Kier molecular flexibility index (Phi) is 5.17. The first-order chi connectivity index (χ1) is 7.17. The summed E-state index contributed by atoms with van der Waals surface area (Å²) in [5.74, 6) is 5.46. The van der Waals surface area contributed by atoms with Crippen LogP contribution in [-0.2, 0) is 11.2 Å². The van der Waals surface area contributed by atoms with Crippen molar-refractivity contribution in [1.82, 2.24) is 10.4 Å². The van der Waals surface area contributed by atoms with Crippen LogP contribution >= 0.6 is 15.9 Å². The van der Waals surface area contributed by atoms with Gasteiger partial charge in [-0.15, -0.1) is 0 Å². The molecule has 5 heteroatoms. The molecule has 2 unspecified atom stereocenters. The molecule has 1 rings (SSSR count). The van der Waals surface area contributed by atoms with Gasteiger partial charge in [0.25, 0.3) is 0 Å². The van der Waals surface area contributed by atoms with Crippen molar-refractivity contribution in [2.75, 3.05) is 7.11 Å². The third-order valence-electron chi connectivity index (χ3n) is 2.37. The zero-order valence-corrected chi connectivity index (χ0v) is 10.5. The fraction of sp³-hybridized carbons (Fsp3) is 0.500. The maximum Gasteiger partial charge on any atom is 0.0713 e. The number of hydrogen-bond donors (Lipinski definition) is 2. The summed E-state index contributed by atoms with van der Waals surface area (Å²) in [5.41, 5.74) is 3.73. The smallest absolute Gasteiger partial charge is 0.0713 e. The molecule has 0 aromatic carbocycles. The van der Waals surface area contributed by atoms with Gasteiger partial charge in [0.05, 0.1) is 12.1 Å². The highest BCUT2D eigenvalue weighted by atomic mass is 79.9. The normalized spacial score (nSPS) is 14.9. The molecule has 0 spiro atoms. The average molecular weight is 274 g/mol. The van der Waals surface area contributed by atoms with Crippen LogP contribution in [0.4, 0.5) is 0 Å². The van der Waals surface area contributed by atoms with Crippen LogP contribution in [-0.4, -0.2) is 24.2 Å². The van der Waals surface area contributed by atoms with Gasteiger partial charge in [0.15, 0.2) is 0 Å². The van der Waals surface area contributed by atoms with E-state index in [1.54, 1.807) is 13.3 Å². The highest BCUT2D eigenvalue weighted by molar-refractivity contribution is 9.10. The number of halogens is 1. The summed E-state index contributed by atoms with van der Waals surface area (Å²) < 4.78 is 6.19. The summed E-state index contributed by atoms with van der Waals surface area (Å²) in [4.78, 5) is 4.28. The van der Waals surface area contributed by atoms with Crippen LogP contribution < -0.4 is 11.3 Å². The quantitative estimate of drug-likeness (QED) is 0.626. The molecule has 4 nitrogen and oxygen atoms in total. The molecule has 0 aliphatic rings. The van der Waals surface area contributed by atoms with Crippen molar-refractivity contribution in [2.24, 2.45) is 5.84 Å². The number of nitrogens with one attached hydrogen (secondary N) is 1. The highest BCUT2D eigenvalue weighted by Crippen LogP contribution is 2.10. The summed E-state index contributed by atoms with van der Waals surface area (Å²) >= 11 is 3.34. The van der Waals surface area contributed by atoms with E-state index < -0.39 is 0 Å². The number of pyridine rings is 1.